The summed E-state index contributed by atoms with van der Waals surface area (Å²) in [6.07, 6.45) is 1.76. The van der Waals surface area contributed by atoms with E-state index in [1.54, 1.807) is 22.2 Å². The average Bonchev–Trinajstić information content (AvgIpc) is 2.67. The van der Waals surface area contributed by atoms with Gasteiger partial charge in [0.2, 0.25) is 0 Å². The van der Waals surface area contributed by atoms with Crippen LogP contribution in [0.2, 0.25) is 5.02 Å². The highest BCUT2D eigenvalue weighted by atomic mass is 127. The third-order valence-electron chi connectivity index (χ3n) is 1.76. The molecular formula is C8H7ClIN3S. The van der Waals surface area contributed by atoms with Crippen molar-refractivity contribution in [1.29, 1.82) is 0 Å². The maximum Gasteiger partial charge on any atom is 0.135 e. The van der Waals surface area contributed by atoms with Crippen molar-refractivity contribution in [2.75, 3.05) is 5.73 Å². The molecule has 2 aromatic rings. The maximum absolute atomic E-state index is 5.82. The Bertz CT molecular complexity index is 451. The first-order chi connectivity index (χ1) is 6.66. The maximum atomic E-state index is 5.82. The number of halogens is 2. The lowest BCUT2D eigenvalue weighted by atomic mass is 10.4. The van der Waals surface area contributed by atoms with Crippen LogP contribution >= 0.6 is 45.5 Å². The zero-order valence-corrected chi connectivity index (χ0v) is 10.8. The highest BCUT2D eigenvalue weighted by molar-refractivity contribution is 14.1. The van der Waals surface area contributed by atoms with E-state index in [1.165, 1.54) is 0 Å². The Labute approximate surface area is 104 Å². The molecule has 2 aromatic heterocycles. The molecular weight excluding hydrogens is 333 g/mol. The monoisotopic (exact) mass is 339 g/mol. The molecule has 0 saturated carbocycles. The molecule has 0 aromatic carbocycles. The fourth-order valence-corrected chi connectivity index (χ4v) is 2.54. The molecule has 2 rings (SSSR count). The molecule has 0 unspecified atom stereocenters. The van der Waals surface area contributed by atoms with E-state index >= 15 is 0 Å². The molecule has 2 heterocycles. The molecule has 0 fully saturated rings. The SMILES string of the molecule is Nc1c(I)cnn1Cc1cc(Cl)cs1. The van der Waals surface area contributed by atoms with E-state index in [0.29, 0.717) is 12.4 Å². The number of nitrogens with zero attached hydrogens (tertiary/aromatic N) is 2. The summed E-state index contributed by atoms with van der Waals surface area (Å²) >= 11 is 9.59. The number of aromatic nitrogens is 2. The van der Waals surface area contributed by atoms with Crippen LogP contribution in [0.4, 0.5) is 5.82 Å². The van der Waals surface area contributed by atoms with Gasteiger partial charge in [0.05, 0.1) is 21.3 Å². The summed E-state index contributed by atoms with van der Waals surface area (Å²) in [6.45, 7) is 0.687. The number of thiophene rings is 1. The number of hydrogen-bond donors (Lipinski definition) is 1. The van der Waals surface area contributed by atoms with Crippen molar-refractivity contribution < 1.29 is 0 Å². The Morgan fingerprint density at radius 3 is 2.93 bits per heavy atom. The summed E-state index contributed by atoms with van der Waals surface area (Å²) in [5.41, 5.74) is 5.82. The molecule has 0 bridgehead atoms. The minimum Gasteiger partial charge on any atom is -0.383 e. The van der Waals surface area contributed by atoms with E-state index < -0.39 is 0 Å². The van der Waals surface area contributed by atoms with Crippen LogP contribution in [0.3, 0.4) is 0 Å². The molecule has 0 aliphatic carbocycles. The molecule has 0 saturated heterocycles. The minimum atomic E-state index is 0.687. The van der Waals surface area contributed by atoms with Gasteiger partial charge in [0.25, 0.3) is 0 Å². The van der Waals surface area contributed by atoms with Crippen molar-refractivity contribution in [3.05, 3.63) is 31.1 Å². The minimum absolute atomic E-state index is 0.687. The Balaban J connectivity index is 2.22. The first-order valence-corrected chi connectivity index (χ1v) is 6.20. The summed E-state index contributed by atoms with van der Waals surface area (Å²) in [7, 11) is 0. The fourth-order valence-electron chi connectivity index (χ4n) is 1.08. The second-order valence-corrected chi connectivity index (χ2v) is 5.36. The van der Waals surface area contributed by atoms with Crippen LogP contribution in [0.15, 0.2) is 17.6 Å². The summed E-state index contributed by atoms with van der Waals surface area (Å²) in [5.74, 6) is 0.704. The van der Waals surface area contributed by atoms with Gasteiger partial charge in [-0.25, -0.2) is 4.68 Å². The normalized spacial score (nSPS) is 10.7. The third-order valence-corrected chi connectivity index (χ3v) is 3.86. The lowest BCUT2D eigenvalue weighted by Crippen LogP contribution is -2.04. The van der Waals surface area contributed by atoms with Crippen molar-refractivity contribution in [2.45, 2.75) is 6.54 Å². The molecule has 74 valence electrons. The summed E-state index contributed by atoms with van der Waals surface area (Å²) in [5, 5.41) is 6.84. The van der Waals surface area contributed by atoms with Gasteiger partial charge >= 0.3 is 0 Å². The van der Waals surface area contributed by atoms with Crippen molar-refractivity contribution >= 4 is 51.3 Å². The highest BCUT2D eigenvalue weighted by Gasteiger charge is 2.06. The first kappa shape index (κ1) is 10.3. The predicted octanol–water partition coefficient (Wildman–Crippen LogP) is 2.83. The molecule has 2 N–H and O–H groups in total. The van der Waals surface area contributed by atoms with E-state index in [2.05, 4.69) is 27.7 Å². The smallest absolute Gasteiger partial charge is 0.135 e. The standard InChI is InChI=1S/C8H7ClIN3S/c9-5-1-6(14-4-5)3-13-8(11)7(10)2-12-13/h1-2,4H,3,11H2. The van der Waals surface area contributed by atoms with Gasteiger partial charge in [-0.2, -0.15) is 5.10 Å². The van der Waals surface area contributed by atoms with Crippen LogP contribution in [0.1, 0.15) is 4.88 Å². The Morgan fingerprint density at radius 2 is 2.43 bits per heavy atom. The predicted molar refractivity (Wildman–Crippen MR) is 67.8 cm³/mol. The van der Waals surface area contributed by atoms with Crippen LogP contribution in [-0.2, 0) is 6.54 Å². The average molecular weight is 340 g/mol. The van der Waals surface area contributed by atoms with Crippen LogP contribution in [0.25, 0.3) is 0 Å². The zero-order valence-electron chi connectivity index (χ0n) is 7.08. The van der Waals surface area contributed by atoms with Crippen molar-refractivity contribution in [2.24, 2.45) is 0 Å². The molecule has 14 heavy (non-hydrogen) atoms. The Morgan fingerprint density at radius 1 is 1.64 bits per heavy atom. The number of nitrogens with two attached hydrogens (primary N) is 1. The molecule has 0 radical (unpaired) electrons. The number of nitrogen functional groups attached to an aromatic ring is 1. The van der Waals surface area contributed by atoms with Gasteiger partial charge in [-0.15, -0.1) is 11.3 Å². The highest BCUT2D eigenvalue weighted by Crippen LogP contribution is 2.21. The van der Waals surface area contributed by atoms with E-state index in [4.69, 9.17) is 17.3 Å². The van der Waals surface area contributed by atoms with Crippen LogP contribution in [0.5, 0.6) is 0 Å². The lowest BCUT2D eigenvalue weighted by molar-refractivity contribution is 0.705. The van der Waals surface area contributed by atoms with Gasteiger partial charge in [0.15, 0.2) is 0 Å². The van der Waals surface area contributed by atoms with Crippen molar-refractivity contribution in [3.63, 3.8) is 0 Å². The number of rotatable bonds is 2. The summed E-state index contributed by atoms with van der Waals surface area (Å²) in [4.78, 5) is 1.15. The number of anilines is 1. The summed E-state index contributed by atoms with van der Waals surface area (Å²) < 4.78 is 2.74. The van der Waals surface area contributed by atoms with E-state index in [0.717, 1.165) is 13.5 Å². The lowest BCUT2D eigenvalue weighted by Gasteiger charge is -2.00. The summed E-state index contributed by atoms with van der Waals surface area (Å²) in [6, 6.07) is 1.93. The molecule has 6 heteroatoms. The molecule has 3 nitrogen and oxygen atoms in total. The largest absolute Gasteiger partial charge is 0.383 e. The van der Waals surface area contributed by atoms with E-state index in [1.807, 2.05) is 11.4 Å². The van der Waals surface area contributed by atoms with Gasteiger partial charge in [-0.1, -0.05) is 11.6 Å². The van der Waals surface area contributed by atoms with Gasteiger partial charge < -0.3 is 5.73 Å². The van der Waals surface area contributed by atoms with Crippen molar-refractivity contribution in [3.8, 4) is 0 Å². The van der Waals surface area contributed by atoms with E-state index in [9.17, 15) is 0 Å². The van der Waals surface area contributed by atoms with Gasteiger partial charge in [0, 0.05) is 10.3 Å². The van der Waals surface area contributed by atoms with Crippen molar-refractivity contribution in [1.82, 2.24) is 9.78 Å². The third kappa shape index (κ3) is 2.04. The van der Waals surface area contributed by atoms with Crippen LogP contribution in [-0.4, -0.2) is 9.78 Å². The topological polar surface area (TPSA) is 43.8 Å². The molecule has 0 spiro atoms. The quantitative estimate of drug-likeness (QED) is 0.855. The molecule has 0 amide bonds. The van der Waals surface area contributed by atoms with Gasteiger partial charge in [-0.05, 0) is 28.7 Å². The van der Waals surface area contributed by atoms with Gasteiger partial charge in [0.1, 0.15) is 5.82 Å². The zero-order chi connectivity index (χ0) is 10.1. The second-order valence-electron chi connectivity index (χ2n) is 2.77. The Kier molecular flexibility index (Phi) is 2.99. The molecule has 0 aliphatic heterocycles. The second kappa shape index (κ2) is 4.08. The number of hydrogen-bond acceptors (Lipinski definition) is 3. The van der Waals surface area contributed by atoms with Crippen LogP contribution in [0, 0.1) is 3.57 Å². The molecule has 0 atom stereocenters. The van der Waals surface area contributed by atoms with E-state index in [-0.39, 0.29) is 0 Å². The fraction of sp³-hybridized carbons (Fsp3) is 0.125. The Hall–Kier alpha value is -0.270. The van der Waals surface area contributed by atoms with Gasteiger partial charge in [-0.3, -0.25) is 0 Å². The van der Waals surface area contributed by atoms with Crippen LogP contribution < -0.4 is 5.73 Å². The first-order valence-electron chi connectivity index (χ1n) is 3.86. The molecule has 0 aliphatic rings.